The van der Waals surface area contributed by atoms with Crippen molar-refractivity contribution in [3.63, 3.8) is 0 Å². The van der Waals surface area contributed by atoms with E-state index in [1.807, 2.05) is 30.3 Å². The topological polar surface area (TPSA) is 119 Å². The highest BCUT2D eigenvalue weighted by Crippen LogP contribution is 2.18. The fourth-order valence-electron chi connectivity index (χ4n) is 4.35. The monoisotopic (exact) mass is 546 g/mol. The highest BCUT2D eigenvalue weighted by atomic mass is 16.6. The Morgan fingerprint density at radius 3 is 2.27 bits per heavy atom. The quantitative estimate of drug-likeness (QED) is 0.485. The summed E-state index contributed by atoms with van der Waals surface area (Å²) in [6, 6.07) is 19.7. The van der Waals surface area contributed by atoms with Crippen molar-refractivity contribution in [3.8, 4) is 5.69 Å². The first-order valence-electron chi connectivity index (χ1n) is 13.1. The molecule has 0 aliphatic carbocycles. The van der Waals surface area contributed by atoms with Gasteiger partial charge >= 0.3 is 12.2 Å². The number of hydrogen-bond acceptors (Lipinski definition) is 6. The van der Waals surface area contributed by atoms with Crippen molar-refractivity contribution in [2.75, 3.05) is 13.1 Å². The van der Waals surface area contributed by atoms with Gasteiger partial charge in [0.15, 0.2) is 0 Å². The second-order valence-electron chi connectivity index (χ2n) is 10.6. The van der Waals surface area contributed by atoms with Crippen LogP contribution < -0.4 is 16.2 Å². The largest absolute Gasteiger partial charge is 0.445 e. The Balaban J connectivity index is 1.45. The molecule has 3 amide bonds. The summed E-state index contributed by atoms with van der Waals surface area (Å²) in [5, 5.41) is 5.80. The maximum atomic E-state index is 13.2. The van der Waals surface area contributed by atoms with Gasteiger partial charge in [-0.15, -0.1) is 0 Å². The Labute approximate surface area is 232 Å². The molecule has 0 saturated carbocycles. The number of benzene rings is 2. The summed E-state index contributed by atoms with van der Waals surface area (Å²) in [6.45, 7) is 5.95. The first-order valence-corrected chi connectivity index (χ1v) is 13.1. The molecule has 1 fully saturated rings. The van der Waals surface area contributed by atoms with Crippen LogP contribution in [0.5, 0.6) is 0 Å². The molecule has 2 N–H and O–H groups in total. The highest BCUT2D eigenvalue weighted by Gasteiger charge is 2.35. The fourth-order valence-corrected chi connectivity index (χ4v) is 4.35. The molecule has 1 aliphatic heterocycles. The summed E-state index contributed by atoms with van der Waals surface area (Å²) >= 11 is 0. The maximum Gasteiger partial charge on any atom is 0.410 e. The smallest absolute Gasteiger partial charge is 0.410 e. The van der Waals surface area contributed by atoms with Crippen LogP contribution in [0.25, 0.3) is 5.69 Å². The molecule has 2 aromatic carbocycles. The van der Waals surface area contributed by atoms with Gasteiger partial charge in [-0.25, -0.2) is 9.59 Å². The lowest BCUT2D eigenvalue weighted by Gasteiger charge is -2.39. The molecule has 3 aromatic rings. The van der Waals surface area contributed by atoms with E-state index < -0.39 is 29.9 Å². The molecule has 4 rings (SSSR count). The molecule has 2 unspecified atom stereocenters. The summed E-state index contributed by atoms with van der Waals surface area (Å²) in [4.78, 5) is 52.2. The van der Waals surface area contributed by atoms with Gasteiger partial charge < -0.3 is 25.0 Å². The number of nitrogens with zero attached hydrogens (tertiary/aromatic N) is 2. The first kappa shape index (κ1) is 28.4. The van der Waals surface area contributed by atoms with E-state index in [4.69, 9.17) is 9.47 Å². The number of piperidine rings is 1. The summed E-state index contributed by atoms with van der Waals surface area (Å²) in [7, 11) is 0. The predicted octanol–water partition coefficient (Wildman–Crippen LogP) is 3.87. The number of ether oxygens (including phenoxy) is 2. The summed E-state index contributed by atoms with van der Waals surface area (Å²) < 4.78 is 12.4. The standard InChI is InChI=1S/C30H34N4O6/c1-30(2,3)40-29(38)33-18-16-24(32-28(37)39-20-21-9-5-4-6-10-21)25(19-33)31-27(36)22-12-14-23(15-13-22)34-17-8-7-11-26(34)35/h4-15,17,24-25H,16,18-20H2,1-3H3,(H,31,36)(H,32,37). The normalized spacial score (nSPS) is 17.0. The van der Waals surface area contributed by atoms with E-state index in [1.165, 1.54) is 15.5 Å². The fraction of sp³-hybridized carbons (Fsp3) is 0.333. The molecular weight excluding hydrogens is 512 g/mol. The zero-order valence-corrected chi connectivity index (χ0v) is 22.8. The van der Waals surface area contributed by atoms with E-state index in [1.54, 1.807) is 63.4 Å². The van der Waals surface area contributed by atoms with Crippen molar-refractivity contribution < 1.29 is 23.9 Å². The van der Waals surface area contributed by atoms with Crippen LogP contribution >= 0.6 is 0 Å². The van der Waals surface area contributed by atoms with Crippen molar-refractivity contribution in [2.24, 2.45) is 0 Å². The van der Waals surface area contributed by atoms with Gasteiger partial charge in [0.05, 0.1) is 12.1 Å². The SMILES string of the molecule is CC(C)(C)OC(=O)N1CCC(NC(=O)OCc2ccccc2)C(NC(=O)c2ccc(-n3ccccc3=O)cc2)C1. The van der Waals surface area contributed by atoms with Gasteiger partial charge in [-0.05, 0) is 63.1 Å². The zero-order valence-electron chi connectivity index (χ0n) is 22.8. The molecular formula is C30H34N4O6. The molecule has 0 radical (unpaired) electrons. The van der Waals surface area contributed by atoms with Crippen molar-refractivity contribution >= 4 is 18.1 Å². The van der Waals surface area contributed by atoms with Crippen LogP contribution in [0.2, 0.25) is 0 Å². The third kappa shape index (κ3) is 7.72. The van der Waals surface area contributed by atoms with Crippen LogP contribution in [0.15, 0.2) is 83.8 Å². The van der Waals surface area contributed by atoms with Gasteiger partial charge in [-0.1, -0.05) is 36.4 Å². The van der Waals surface area contributed by atoms with Crippen LogP contribution in [0.4, 0.5) is 9.59 Å². The molecule has 210 valence electrons. The molecule has 0 bridgehead atoms. The highest BCUT2D eigenvalue weighted by molar-refractivity contribution is 5.94. The molecule has 10 heteroatoms. The maximum absolute atomic E-state index is 13.2. The third-order valence-electron chi connectivity index (χ3n) is 6.33. The van der Waals surface area contributed by atoms with E-state index in [0.717, 1.165) is 5.56 Å². The molecule has 2 atom stereocenters. The molecule has 2 heterocycles. The Morgan fingerprint density at radius 1 is 0.900 bits per heavy atom. The minimum atomic E-state index is -0.672. The lowest BCUT2D eigenvalue weighted by atomic mass is 9.99. The second kappa shape index (κ2) is 12.5. The molecule has 0 spiro atoms. The van der Waals surface area contributed by atoms with Gasteiger partial charge in [-0.2, -0.15) is 0 Å². The second-order valence-corrected chi connectivity index (χ2v) is 10.6. The minimum Gasteiger partial charge on any atom is -0.445 e. The van der Waals surface area contributed by atoms with Gasteiger partial charge in [0.2, 0.25) is 0 Å². The van der Waals surface area contributed by atoms with Crippen molar-refractivity contribution in [2.45, 2.75) is 51.5 Å². The number of nitrogens with one attached hydrogen (secondary N) is 2. The van der Waals surface area contributed by atoms with E-state index in [0.29, 0.717) is 24.2 Å². The Hall–Kier alpha value is -4.60. The number of pyridine rings is 1. The van der Waals surface area contributed by atoms with Crippen LogP contribution in [-0.4, -0.2) is 58.3 Å². The van der Waals surface area contributed by atoms with Gasteiger partial charge in [0.1, 0.15) is 12.2 Å². The zero-order chi connectivity index (χ0) is 28.7. The molecule has 40 heavy (non-hydrogen) atoms. The van der Waals surface area contributed by atoms with Gasteiger partial charge in [0, 0.05) is 36.6 Å². The summed E-state index contributed by atoms with van der Waals surface area (Å²) in [6.07, 6.45) is 0.934. The number of carbonyl (C=O) groups is 3. The predicted molar refractivity (Wildman–Crippen MR) is 149 cm³/mol. The van der Waals surface area contributed by atoms with E-state index in [-0.39, 0.29) is 24.6 Å². The van der Waals surface area contributed by atoms with E-state index in [9.17, 15) is 19.2 Å². The average molecular weight is 547 g/mol. The minimum absolute atomic E-state index is 0.108. The molecule has 1 saturated heterocycles. The van der Waals surface area contributed by atoms with Crippen molar-refractivity contribution in [1.29, 1.82) is 0 Å². The average Bonchev–Trinajstić information content (AvgIpc) is 2.93. The lowest BCUT2D eigenvalue weighted by molar-refractivity contribution is 0.0159. The van der Waals surface area contributed by atoms with Crippen molar-refractivity contribution in [1.82, 2.24) is 20.1 Å². The van der Waals surface area contributed by atoms with Crippen LogP contribution in [-0.2, 0) is 16.1 Å². The number of carbonyl (C=O) groups excluding carboxylic acids is 3. The first-order chi connectivity index (χ1) is 19.1. The summed E-state index contributed by atoms with van der Waals surface area (Å²) in [5.74, 6) is -0.382. The number of hydrogen-bond donors (Lipinski definition) is 2. The van der Waals surface area contributed by atoms with Crippen LogP contribution in [0.1, 0.15) is 43.1 Å². The number of alkyl carbamates (subject to hydrolysis) is 1. The van der Waals surface area contributed by atoms with E-state index >= 15 is 0 Å². The summed E-state index contributed by atoms with van der Waals surface area (Å²) in [5.41, 5.74) is 0.985. The Kier molecular flexibility index (Phi) is 8.88. The van der Waals surface area contributed by atoms with Crippen LogP contribution in [0, 0.1) is 0 Å². The third-order valence-corrected chi connectivity index (χ3v) is 6.33. The molecule has 1 aliphatic rings. The Morgan fingerprint density at radius 2 is 1.60 bits per heavy atom. The van der Waals surface area contributed by atoms with Gasteiger partial charge in [-0.3, -0.25) is 14.2 Å². The Bertz CT molecular complexity index is 1380. The van der Waals surface area contributed by atoms with Crippen LogP contribution in [0.3, 0.4) is 0 Å². The number of likely N-dealkylation sites (tertiary alicyclic amines) is 1. The van der Waals surface area contributed by atoms with Crippen molar-refractivity contribution in [3.05, 3.63) is 100 Å². The van der Waals surface area contributed by atoms with E-state index in [2.05, 4.69) is 10.6 Å². The lowest BCUT2D eigenvalue weighted by Crippen LogP contribution is -2.61. The number of amides is 3. The molecule has 10 nitrogen and oxygen atoms in total. The molecule has 1 aromatic heterocycles. The van der Waals surface area contributed by atoms with Gasteiger partial charge in [0.25, 0.3) is 11.5 Å². The number of rotatable bonds is 6. The number of aromatic nitrogens is 1.